The van der Waals surface area contributed by atoms with Crippen LogP contribution in [0.2, 0.25) is 0 Å². The Morgan fingerprint density at radius 3 is 2.00 bits per heavy atom. The minimum Gasteiger partial charge on any atom is -0.268 e. The molecule has 0 amide bonds. The Balaban J connectivity index is 0.00000264. The Bertz CT molecular complexity index is 608. The lowest BCUT2D eigenvalue weighted by molar-refractivity contribution is 0.416. The van der Waals surface area contributed by atoms with Crippen molar-refractivity contribution in [1.82, 2.24) is 18.7 Å². The summed E-state index contributed by atoms with van der Waals surface area (Å²) >= 11 is 0. The van der Waals surface area contributed by atoms with Crippen LogP contribution in [0.25, 0.3) is 5.65 Å². The molecular formula is C17H31IN4P+. The van der Waals surface area contributed by atoms with E-state index in [9.17, 15) is 0 Å². The van der Waals surface area contributed by atoms with Crippen molar-refractivity contribution in [2.45, 2.75) is 34.6 Å². The smallest absolute Gasteiger partial charge is 0.226 e. The maximum atomic E-state index is 4.82. The largest absolute Gasteiger partial charge is 0.268 e. The summed E-state index contributed by atoms with van der Waals surface area (Å²) in [6, 6.07) is 6.27. The summed E-state index contributed by atoms with van der Waals surface area (Å²) in [6.45, 7) is 18.0. The van der Waals surface area contributed by atoms with Crippen molar-refractivity contribution in [3.63, 3.8) is 0 Å². The Morgan fingerprint density at radius 2 is 1.52 bits per heavy atom. The topological polar surface area (TPSA) is 23.8 Å². The minimum absolute atomic E-state index is 0. The summed E-state index contributed by atoms with van der Waals surface area (Å²) in [5.41, 5.74) is 3.62. The van der Waals surface area contributed by atoms with E-state index in [4.69, 9.17) is 4.98 Å². The molecule has 0 saturated carbocycles. The van der Waals surface area contributed by atoms with Crippen molar-refractivity contribution in [3.8, 4) is 0 Å². The second kappa shape index (κ2) is 8.75. The number of hydrogen-bond donors (Lipinski definition) is 0. The Hall–Kier alpha value is -0.230. The second-order valence-electron chi connectivity index (χ2n) is 5.64. The number of fused-ring (bicyclic) bond motifs is 1. The maximum absolute atomic E-state index is 4.82. The first-order chi connectivity index (χ1) is 10.5. The van der Waals surface area contributed by atoms with E-state index in [-0.39, 0.29) is 24.0 Å². The van der Waals surface area contributed by atoms with Gasteiger partial charge in [0.2, 0.25) is 13.0 Å². The van der Waals surface area contributed by atoms with E-state index in [0.29, 0.717) is 0 Å². The van der Waals surface area contributed by atoms with Crippen molar-refractivity contribution in [2.75, 3.05) is 32.8 Å². The fraction of sp³-hybridized carbons (Fsp3) is 0.588. The summed E-state index contributed by atoms with van der Waals surface area (Å²) in [6.07, 6.45) is 2.16. The van der Waals surface area contributed by atoms with E-state index in [1.54, 1.807) is 0 Å². The Morgan fingerprint density at radius 1 is 1.00 bits per heavy atom. The molecule has 6 heteroatoms. The number of rotatable bonds is 7. The number of aryl methyl sites for hydroxylation is 1. The van der Waals surface area contributed by atoms with Gasteiger partial charge < -0.3 is 0 Å². The number of nitrogens with zero attached hydrogens (tertiary/aromatic N) is 4. The van der Waals surface area contributed by atoms with E-state index < -0.39 is 7.56 Å². The van der Waals surface area contributed by atoms with Crippen LogP contribution in [0.1, 0.15) is 33.4 Å². The molecule has 2 rings (SSSR count). The molecule has 0 radical (unpaired) electrons. The molecule has 0 aliphatic heterocycles. The molecule has 4 nitrogen and oxygen atoms in total. The molecule has 23 heavy (non-hydrogen) atoms. The van der Waals surface area contributed by atoms with Crippen LogP contribution in [0.15, 0.2) is 24.4 Å². The van der Waals surface area contributed by atoms with Crippen LogP contribution >= 0.6 is 31.5 Å². The quantitative estimate of drug-likeness (QED) is 0.471. The molecule has 0 aliphatic rings. The van der Waals surface area contributed by atoms with Gasteiger partial charge in [-0.1, -0.05) is 6.07 Å². The lowest BCUT2D eigenvalue weighted by Gasteiger charge is -2.38. The van der Waals surface area contributed by atoms with Gasteiger partial charge in [-0.15, -0.1) is 24.0 Å². The SMILES string of the molecule is CCN(CC)[P+](C)(c1c(C)nc2ccccn12)N(CC)CC.I. The molecular weight excluding hydrogens is 418 g/mol. The van der Waals surface area contributed by atoms with Gasteiger partial charge in [0.1, 0.15) is 11.3 Å². The molecule has 2 aromatic heterocycles. The summed E-state index contributed by atoms with van der Waals surface area (Å²) in [5, 5.41) is 0. The fourth-order valence-corrected chi connectivity index (χ4v) is 7.94. The third-order valence-corrected chi connectivity index (χ3v) is 9.31. The van der Waals surface area contributed by atoms with Gasteiger partial charge >= 0.3 is 0 Å². The van der Waals surface area contributed by atoms with Gasteiger partial charge in [-0.3, -0.25) is 4.40 Å². The predicted octanol–water partition coefficient (Wildman–Crippen LogP) is 4.05. The van der Waals surface area contributed by atoms with Crippen molar-refractivity contribution < 1.29 is 0 Å². The highest BCUT2D eigenvalue weighted by Crippen LogP contribution is 2.60. The van der Waals surface area contributed by atoms with Crippen LogP contribution in [0, 0.1) is 6.92 Å². The first-order valence-corrected chi connectivity index (χ1v) is 10.5. The summed E-state index contributed by atoms with van der Waals surface area (Å²) < 4.78 is 7.59. The molecule has 2 heterocycles. The molecule has 0 saturated heterocycles. The number of pyridine rings is 1. The summed E-state index contributed by atoms with van der Waals surface area (Å²) in [4.78, 5) is 4.82. The lowest BCUT2D eigenvalue weighted by Crippen LogP contribution is -2.43. The van der Waals surface area contributed by atoms with Gasteiger partial charge in [-0.05, 0) is 46.8 Å². The highest BCUT2D eigenvalue weighted by Gasteiger charge is 2.49. The number of halogens is 1. The first kappa shape index (κ1) is 20.8. The summed E-state index contributed by atoms with van der Waals surface area (Å²) in [5.74, 6) is 0. The van der Waals surface area contributed by atoms with Gasteiger partial charge in [-0.25, -0.2) is 4.98 Å². The summed E-state index contributed by atoms with van der Waals surface area (Å²) in [7, 11) is -1.61. The third-order valence-electron chi connectivity index (χ3n) is 4.64. The fourth-order valence-electron chi connectivity index (χ4n) is 3.61. The number of imidazole rings is 1. The molecule has 0 atom stereocenters. The second-order valence-corrected chi connectivity index (χ2v) is 9.02. The molecule has 0 fully saturated rings. The van der Waals surface area contributed by atoms with E-state index >= 15 is 0 Å². The number of aromatic nitrogens is 2. The van der Waals surface area contributed by atoms with E-state index in [1.165, 1.54) is 11.1 Å². The number of hydrogen-bond acceptors (Lipinski definition) is 3. The molecule has 0 bridgehead atoms. The highest BCUT2D eigenvalue weighted by atomic mass is 127. The van der Waals surface area contributed by atoms with Crippen molar-refractivity contribution >= 4 is 42.6 Å². The first-order valence-electron chi connectivity index (χ1n) is 8.36. The van der Waals surface area contributed by atoms with Crippen molar-refractivity contribution in [2.24, 2.45) is 0 Å². The van der Waals surface area contributed by atoms with E-state index in [1.807, 2.05) is 0 Å². The molecule has 0 unspecified atom stereocenters. The van der Waals surface area contributed by atoms with Crippen molar-refractivity contribution in [3.05, 3.63) is 30.1 Å². The van der Waals surface area contributed by atoms with Crippen LogP contribution in [0.3, 0.4) is 0 Å². The Kier molecular flexibility index (Phi) is 7.91. The van der Waals surface area contributed by atoms with Crippen LogP contribution in [0.4, 0.5) is 0 Å². The maximum Gasteiger partial charge on any atom is 0.226 e. The van der Waals surface area contributed by atoms with E-state index in [0.717, 1.165) is 31.8 Å². The van der Waals surface area contributed by atoms with Gasteiger partial charge in [-0.2, -0.15) is 9.34 Å². The van der Waals surface area contributed by atoms with Gasteiger partial charge in [0.05, 0.1) is 6.66 Å². The van der Waals surface area contributed by atoms with Gasteiger partial charge in [0, 0.05) is 32.4 Å². The van der Waals surface area contributed by atoms with Crippen LogP contribution in [0.5, 0.6) is 0 Å². The van der Waals surface area contributed by atoms with Crippen LogP contribution in [-0.2, 0) is 0 Å². The molecule has 0 aliphatic carbocycles. The average Bonchev–Trinajstić information content (AvgIpc) is 2.85. The molecule has 130 valence electrons. The normalized spacial score (nSPS) is 12.2. The zero-order chi connectivity index (χ0) is 16.3. The molecule has 0 spiro atoms. The van der Waals surface area contributed by atoms with Crippen LogP contribution < -0.4 is 5.44 Å². The van der Waals surface area contributed by atoms with Gasteiger partial charge in [0.15, 0.2) is 0 Å². The molecule has 0 N–H and O–H groups in total. The molecule has 0 aromatic carbocycles. The monoisotopic (exact) mass is 449 g/mol. The Labute approximate surface area is 158 Å². The minimum atomic E-state index is -1.61. The average molecular weight is 449 g/mol. The predicted molar refractivity (Wildman–Crippen MR) is 114 cm³/mol. The third kappa shape index (κ3) is 3.58. The zero-order valence-electron chi connectivity index (χ0n) is 15.3. The lowest BCUT2D eigenvalue weighted by atomic mass is 10.5. The molecule has 2 aromatic rings. The standard InChI is InChI=1S/C17H30N4P.HI/c1-7-19(8-2)22(6,20(9-3)10-4)17-15(5)18-16-13-11-12-14-21(16)17;/h11-14H,7-10H2,1-6H3;1H/q+1;. The highest BCUT2D eigenvalue weighted by molar-refractivity contribution is 14.0. The van der Waals surface area contributed by atoms with Crippen molar-refractivity contribution in [1.29, 1.82) is 0 Å². The van der Waals surface area contributed by atoms with Crippen LogP contribution in [-0.4, -0.2) is 51.6 Å². The van der Waals surface area contributed by atoms with E-state index in [2.05, 4.69) is 79.4 Å². The zero-order valence-corrected chi connectivity index (χ0v) is 18.5. The van der Waals surface area contributed by atoms with Gasteiger partial charge in [0.25, 0.3) is 0 Å².